The largest absolute Gasteiger partial charge is 0.489 e. The van der Waals surface area contributed by atoms with E-state index in [-0.39, 0.29) is 17.9 Å². The van der Waals surface area contributed by atoms with Gasteiger partial charge in [-0.25, -0.2) is 0 Å². The van der Waals surface area contributed by atoms with Crippen LogP contribution in [0.1, 0.15) is 49.9 Å². The van der Waals surface area contributed by atoms with E-state index < -0.39 is 11.6 Å². The van der Waals surface area contributed by atoms with Crippen LogP contribution >= 0.6 is 11.6 Å². The summed E-state index contributed by atoms with van der Waals surface area (Å²) in [6.07, 6.45) is 5.16. The van der Waals surface area contributed by atoms with Crippen LogP contribution in [0.5, 0.6) is 5.75 Å². The molecule has 1 aliphatic heterocycles. The summed E-state index contributed by atoms with van der Waals surface area (Å²) in [6.45, 7) is 11.9. The summed E-state index contributed by atoms with van der Waals surface area (Å²) in [5.41, 5.74) is -0.874. The Hall–Kier alpha value is -2.31. The van der Waals surface area contributed by atoms with E-state index in [1.165, 1.54) is 0 Å². The third-order valence-electron chi connectivity index (χ3n) is 5.52. The lowest BCUT2D eigenvalue weighted by atomic mass is 9.88. The molecule has 1 aliphatic rings. The van der Waals surface area contributed by atoms with Crippen LogP contribution in [0, 0.1) is 0 Å². The van der Waals surface area contributed by atoms with Crippen molar-refractivity contribution < 1.29 is 19.4 Å². The van der Waals surface area contributed by atoms with Crippen molar-refractivity contribution in [3.05, 3.63) is 54.1 Å². The van der Waals surface area contributed by atoms with E-state index in [9.17, 15) is 14.7 Å². The van der Waals surface area contributed by atoms with Crippen molar-refractivity contribution in [3.63, 3.8) is 0 Å². The molecule has 164 valence electrons. The number of halogens is 1. The number of aliphatic hydroxyl groups is 1. The Morgan fingerprint density at radius 2 is 1.93 bits per heavy atom. The van der Waals surface area contributed by atoms with Crippen LogP contribution in [0.25, 0.3) is 0 Å². The molecule has 2 N–H and O–H groups in total. The standard InChI is InChI=1S/C23H31ClN2O4/c1-5-11-23(29,12-6-2)16(3)25-22(28)20-15-18(24)7-8-21(20)30-19-9-13-26(14-10-19)17(4)27/h5-8,15-16,19,29H,1-2,9-14H2,3-4H3,(H,25,28)/t16-/m0/s1. The topological polar surface area (TPSA) is 78.9 Å². The smallest absolute Gasteiger partial charge is 0.255 e. The summed E-state index contributed by atoms with van der Waals surface area (Å²) in [5, 5.41) is 14.2. The average Bonchev–Trinajstić information content (AvgIpc) is 2.70. The number of rotatable bonds is 9. The quantitative estimate of drug-likeness (QED) is 0.580. The first-order chi connectivity index (χ1) is 14.2. The van der Waals surface area contributed by atoms with Gasteiger partial charge in [-0.05, 0) is 38.0 Å². The average molecular weight is 435 g/mol. The second kappa shape index (κ2) is 10.6. The summed E-state index contributed by atoms with van der Waals surface area (Å²) >= 11 is 6.13. The van der Waals surface area contributed by atoms with Crippen LogP contribution in [0.4, 0.5) is 0 Å². The summed E-state index contributed by atoms with van der Waals surface area (Å²) in [7, 11) is 0. The van der Waals surface area contributed by atoms with Crippen molar-refractivity contribution in [1.82, 2.24) is 10.2 Å². The lowest BCUT2D eigenvalue weighted by Gasteiger charge is -2.34. The Morgan fingerprint density at radius 1 is 1.33 bits per heavy atom. The minimum atomic E-state index is -1.18. The molecule has 2 amide bonds. The van der Waals surface area contributed by atoms with Crippen molar-refractivity contribution in [2.24, 2.45) is 0 Å². The zero-order valence-corrected chi connectivity index (χ0v) is 18.5. The summed E-state index contributed by atoms with van der Waals surface area (Å²) in [4.78, 5) is 26.3. The number of hydrogen-bond acceptors (Lipinski definition) is 4. The van der Waals surface area contributed by atoms with Gasteiger partial charge >= 0.3 is 0 Å². The number of piperidine rings is 1. The molecule has 30 heavy (non-hydrogen) atoms. The van der Waals surface area contributed by atoms with E-state index in [4.69, 9.17) is 16.3 Å². The minimum Gasteiger partial charge on any atom is -0.489 e. The molecule has 0 unspecified atom stereocenters. The summed E-state index contributed by atoms with van der Waals surface area (Å²) in [5.74, 6) is 0.106. The van der Waals surface area contributed by atoms with Gasteiger partial charge in [0.2, 0.25) is 5.91 Å². The van der Waals surface area contributed by atoms with Crippen LogP contribution in [0.3, 0.4) is 0 Å². The van der Waals surface area contributed by atoms with Gasteiger partial charge < -0.3 is 20.1 Å². The van der Waals surface area contributed by atoms with Crippen molar-refractivity contribution >= 4 is 23.4 Å². The van der Waals surface area contributed by atoms with Gasteiger partial charge in [0.1, 0.15) is 11.9 Å². The number of nitrogens with one attached hydrogen (secondary N) is 1. The number of nitrogens with zero attached hydrogens (tertiary/aromatic N) is 1. The van der Waals surface area contributed by atoms with Gasteiger partial charge in [-0.1, -0.05) is 23.8 Å². The molecule has 1 fully saturated rings. The van der Waals surface area contributed by atoms with E-state index in [1.807, 2.05) is 0 Å². The molecule has 0 bridgehead atoms. The van der Waals surface area contributed by atoms with E-state index >= 15 is 0 Å². The van der Waals surface area contributed by atoms with Gasteiger partial charge in [0.05, 0.1) is 17.2 Å². The highest BCUT2D eigenvalue weighted by Gasteiger charge is 2.33. The van der Waals surface area contributed by atoms with Crippen molar-refractivity contribution in [2.75, 3.05) is 13.1 Å². The Balaban J connectivity index is 2.14. The molecule has 1 atom stereocenters. The first-order valence-electron chi connectivity index (χ1n) is 10.2. The van der Waals surface area contributed by atoms with Crippen molar-refractivity contribution in [3.8, 4) is 5.75 Å². The van der Waals surface area contributed by atoms with Gasteiger partial charge in [0.15, 0.2) is 0 Å². The predicted molar refractivity (Wildman–Crippen MR) is 119 cm³/mol. The van der Waals surface area contributed by atoms with Gasteiger partial charge in [-0.3, -0.25) is 9.59 Å². The highest BCUT2D eigenvalue weighted by Crippen LogP contribution is 2.28. The third-order valence-corrected chi connectivity index (χ3v) is 5.75. The van der Waals surface area contributed by atoms with E-state index in [2.05, 4.69) is 18.5 Å². The fourth-order valence-corrected chi connectivity index (χ4v) is 3.77. The number of carbonyl (C=O) groups is 2. The van der Waals surface area contributed by atoms with E-state index in [1.54, 1.807) is 49.1 Å². The maximum atomic E-state index is 13.0. The molecule has 7 heteroatoms. The monoisotopic (exact) mass is 434 g/mol. The summed E-state index contributed by atoms with van der Waals surface area (Å²) in [6, 6.07) is 4.36. The fraction of sp³-hybridized carbons (Fsp3) is 0.478. The molecule has 2 rings (SSSR count). The summed E-state index contributed by atoms with van der Waals surface area (Å²) < 4.78 is 6.10. The molecule has 1 aromatic carbocycles. The Kier molecular flexibility index (Phi) is 8.50. The lowest BCUT2D eigenvalue weighted by Crippen LogP contribution is -2.50. The lowest BCUT2D eigenvalue weighted by molar-refractivity contribution is -0.130. The number of carbonyl (C=O) groups excluding carboxylic acids is 2. The van der Waals surface area contributed by atoms with Gasteiger partial charge in [0.25, 0.3) is 5.91 Å². The highest BCUT2D eigenvalue weighted by molar-refractivity contribution is 6.31. The first-order valence-corrected chi connectivity index (χ1v) is 10.5. The molecule has 0 aromatic heterocycles. The molecule has 6 nitrogen and oxygen atoms in total. The highest BCUT2D eigenvalue weighted by atomic mass is 35.5. The van der Waals surface area contributed by atoms with Crippen LogP contribution in [0.15, 0.2) is 43.5 Å². The fourth-order valence-electron chi connectivity index (χ4n) is 3.60. The Morgan fingerprint density at radius 3 is 2.47 bits per heavy atom. The molecular formula is C23H31ClN2O4. The molecule has 1 aromatic rings. The number of likely N-dealkylation sites (tertiary alicyclic amines) is 1. The van der Waals surface area contributed by atoms with Crippen LogP contribution in [0.2, 0.25) is 5.02 Å². The Labute approximate surface area is 183 Å². The van der Waals surface area contributed by atoms with Crippen LogP contribution < -0.4 is 10.1 Å². The second-order valence-electron chi connectivity index (χ2n) is 7.75. The number of ether oxygens (including phenoxy) is 1. The van der Waals surface area contributed by atoms with Gasteiger partial charge in [-0.2, -0.15) is 0 Å². The van der Waals surface area contributed by atoms with Crippen LogP contribution in [-0.2, 0) is 4.79 Å². The zero-order chi connectivity index (χ0) is 22.3. The van der Waals surface area contributed by atoms with E-state index in [0.29, 0.717) is 55.1 Å². The number of amides is 2. The minimum absolute atomic E-state index is 0.0560. The maximum Gasteiger partial charge on any atom is 0.255 e. The molecular weight excluding hydrogens is 404 g/mol. The number of hydrogen-bond donors (Lipinski definition) is 2. The van der Waals surface area contributed by atoms with Crippen LogP contribution in [-0.4, -0.2) is 52.7 Å². The molecule has 1 heterocycles. The van der Waals surface area contributed by atoms with Crippen molar-refractivity contribution in [2.45, 2.75) is 57.3 Å². The molecule has 0 saturated carbocycles. The SMILES string of the molecule is C=CCC(O)(CC=C)[C@H](C)NC(=O)c1cc(Cl)ccc1OC1CCN(C(C)=O)CC1. The predicted octanol–water partition coefficient (Wildman–Crippen LogP) is 3.73. The first kappa shape index (κ1) is 24.0. The normalized spacial score (nSPS) is 15.9. The maximum absolute atomic E-state index is 13.0. The second-order valence-corrected chi connectivity index (χ2v) is 8.18. The van der Waals surface area contributed by atoms with Gasteiger partial charge in [-0.15, -0.1) is 13.2 Å². The molecule has 0 aliphatic carbocycles. The van der Waals surface area contributed by atoms with E-state index in [0.717, 1.165) is 0 Å². The Bertz CT molecular complexity index is 777. The molecule has 0 radical (unpaired) electrons. The number of benzene rings is 1. The zero-order valence-electron chi connectivity index (χ0n) is 17.7. The molecule has 0 spiro atoms. The van der Waals surface area contributed by atoms with Crippen molar-refractivity contribution in [1.29, 1.82) is 0 Å². The third kappa shape index (κ3) is 6.09. The molecule has 1 saturated heterocycles. The van der Waals surface area contributed by atoms with Gasteiger partial charge in [0, 0.05) is 37.9 Å².